The number of rotatable bonds is 1. The summed E-state index contributed by atoms with van der Waals surface area (Å²) >= 11 is 0. The summed E-state index contributed by atoms with van der Waals surface area (Å²) < 4.78 is 0. The molecule has 1 aliphatic rings. The first kappa shape index (κ1) is 6.82. The van der Waals surface area contributed by atoms with Crippen molar-refractivity contribution in [1.82, 2.24) is 5.32 Å². The molecule has 0 fully saturated rings. The maximum absolute atomic E-state index is 10.4. The summed E-state index contributed by atoms with van der Waals surface area (Å²) in [5.74, 6) is -1.09. The quantitative estimate of drug-likeness (QED) is 0.454. The van der Waals surface area contributed by atoms with Crippen molar-refractivity contribution >= 4 is 5.97 Å². The lowest BCUT2D eigenvalue weighted by Crippen LogP contribution is -2.56. The molecule has 1 unspecified atom stereocenters. The Morgan fingerprint density at radius 2 is 2.30 bits per heavy atom. The van der Waals surface area contributed by atoms with Crippen molar-refractivity contribution in [3.63, 3.8) is 0 Å². The Balaban J connectivity index is 2.80. The van der Waals surface area contributed by atoms with Crippen LogP contribution in [0.2, 0.25) is 0 Å². The van der Waals surface area contributed by atoms with E-state index in [1.54, 1.807) is 12.2 Å². The summed E-state index contributed by atoms with van der Waals surface area (Å²) in [4.78, 5) is 10.4. The Labute approximate surface area is 58.0 Å². The van der Waals surface area contributed by atoms with E-state index in [0.29, 0.717) is 0 Å². The van der Waals surface area contributed by atoms with E-state index in [1.165, 1.54) is 12.3 Å². The molecule has 0 amide bonds. The molecule has 4 N–H and O–H groups in total. The molecule has 4 nitrogen and oxygen atoms in total. The van der Waals surface area contributed by atoms with Gasteiger partial charge in [-0.05, 0) is 18.4 Å². The molecule has 0 bridgehead atoms. The number of carboxylic acid groups (broad SMARTS) is 1. The highest BCUT2D eigenvalue weighted by Gasteiger charge is 2.29. The Hall–Kier alpha value is -1.29. The molecule has 1 aliphatic heterocycles. The van der Waals surface area contributed by atoms with Gasteiger partial charge in [0.2, 0.25) is 5.66 Å². The van der Waals surface area contributed by atoms with Crippen LogP contribution in [0.25, 0.3) is 0 Å². The number of hydrogen-bond acceptors (Lipinski definition) is 3. The van der Waals surface area contributed by atoms with Crippen molar-refractivity contribution in [2.24, 2.45) is 5.73 Å². The summed E-state index contributed by atoms with van der Waals surface area (Å²) in [6.45, 7) is 0. The molecule has 0 radical (unpaired) electrons. The molecule has 0 spiro atoms. The Morgan fingerprint density at radius 1 is 1.60 bits per heavy atom. The molecule has 0 saturated carbocycles. The third-order valence-electron chi connectivity index (χ3n) is 1.24. The van der Waals surface area contributed by atoms with Crippen LogP contribution in [-0.2, 0) is 4.79 Å². The third-order valence-corrected chi connectivity index (χ3v) is 1.24. The fourth-order valence-electron chi connectivity index (χ4n) is 0.630. The number of dihydropyridines is 1. The first-order chi connectivity index (χ1) is 4.65. The zero-order valence-electron chi connectivity index (χ0n) is 5.24. The second kappa shape index (κ2) is 2.15. The van der Waals surface area contributed by atoms with E-state index in [-0.39, 0.29) is 0 Å². The zero-order chi connectivity index (χ0) is 7.61. The van der Waals surface area contributed by atoms with Crippen molar-refractivity contribution in [2.45, 2.75) is 5.66 Å². The van der Waals surface area contributed by atoms with Gasteiger partial charge in [0.15, 0.2) is 0 Å². The molecule has 0 aromatic heterocycles. The predicted octanol–water partition coefficient (Wildman–Crippen LogP) is -0.601. The molecule has 0 aliphatic carbocycles. The minimum Gasteiger partial charge on any atom is -0.478 e. The molecular formula is C6H8N2O2. The van der Waals surface area contributed by atoms with Crippen LogP contribution in [0.3, 0.4) is 0 Å². The normalized spacial score (nSPS) is 29.7. The molecule has 0 aromatic rings. The van der Waals surface area contributed by atoms with Crippen LogP contribution >= 0.6 is 0 Å². The molecule has 0 saturated heterocycles. The molecule has 1 rings (SSSR count). The Morgan fingerprint density at radius 3 is 2.60 bits per heavy atom. The van der Waals surface area contributed by atoms with Crippen molar-refractivity contribution in [2.75, 3.05) is 0 Å². The van der Waals surface area contributed by atoms with E-state index in [2.05, 4.69) is 5.32 Å². The monoisotopic (exact) mass is 140 g/mol. The highest BCUT2D eigenvalue weighted by molar-refractivity contribution is 5.81. The lowest BCUT2D eigenvalue weighted by atomic mass is 10.1. The lowest BCUT2D eigenvalue weighted by molar-refractivity contribution is -0.142. The summed E-state index contributed by atoms with van der Waals surface area (Å²) in [6, 6.07) is 0. The number of allylic oxidation sites excluding steroid dienone is 2. The second-order valence-corrected chi connectivity index (χ2v) is 2.04. The van der Waals surface area contributed by atoms with E-state index >= 15 is 0 Å². The molecular weight excluding hydrogens is 132 g/mol. The van der Waals surface area contributed by atoms with Crippen LogP contribution in [0.5, 0.6) is 0 Å². The van der Waals surface area contributed by atoms with E-state index in [9.17, 15) is 4.79 Å². The summed E-state index contributed by atoms with van der Waals surface area (Å²) in [5, 5.41) is 11.0. The molecule has 1 heterocycles. The van der Waals surface area contributed by atoms with Gasteiger partial charge in [-0.1, -0.05) is 6.08 Å². The first-order valence-electron chi connectivity index (χ1n) is 2.79. The Bertz CT molecular complexity index is 210. The van der Waals surface area contributed by atoms with Gasteiger partial charge in [0.25, 0.3) is 0 Å². The summed E-state index contributed by atoms with van der Waals surface area (Å²) in [6.07, 6.45) is 6.14. The first-order valence-corrected chi connectivity index (χ1v) is 2.79. The van der Waals surface area contributed by atoms with Crippen LogP contribution in [0.1, 0.15) is 0 Å². The van der Waals surface area contributed by atoms with Crippen molar-refractivity contribution in [3.8, 4) is 0 Å². The van der Waals surface area contributed by atoms with Crippen LogP contribution in [-0.4, -0.2) is 16.7 Å². The van der Waals surface area contributed by atoms with Gasteiger partial charge in [-0.3, -0.25) is 5.73 Å². The molecule has 1 atom stereocenters. The van der Waals surface area contributed by atoms with Gasteiger partial charge in [-0.15, -0.1) is 0 Å². The van der Waals surface area contributed by atoms with Gasteiger partial charge in [-0.25, -0.2) is 4.79 Å². The number of aliphatic carboxylic acids is 1. The van der Waals surface area contributed by atoms with E-state index in [4.69, 9.17) is 10.8 Å². The van der Waals surface area contributed by atoms with Crippen molar-refractivity contribution in [1.29, 1.82) is 0 Å². The topological polar surface area (TPSA) is 75.4 Å². The fraction of sp³-hybridized carbons (Fsp3) is 0.167. The highest BCUT2D eigenvalue weighted by Crippen LogP contribution is 2.02. The van der Waals surface area contributed by atoms with Gasteiger partial charge in [0, 0.05) is 0 Å². The van der Waals surface area contributed by atoms with Gasteiger partial charge < -0.3 is 10.4 Å². The number of nitrogens with two attached hydrogens (primary N) is 1. The second-order valence-electron chi connectivity index (χ2n) is 2.04. The highest BCUT2D eigenvalue weighted by atomic mass is 16.4. The fourth-order valence-corrected chi connectivity index (χ4v) is 0.630. The van der Waals surface area contributed by atoms with Gasteiger partial charge in [0.05, 0.1) is 0 Å². The lowest BCUT2D eigenvalue weighted by Gasteiger charge is -2.22. The van der Waals surface area contributed by atoms with Crippen molar-refractivity contribution < 1.29 is 9.90 Å². The van der Waals surface area contributed by atoms with Gasteiger partial charge in [-0.2, -0.15) is 0 Å². The van der Waals surface area contributed by atoms with Gasteiger partial charge >= 0.3 is 5.97 Å². The number of hydrogen-bond donors (Lipinski definition) is 3. The van der Waals surface area contributed by atoms with Crippen LogP contribution in [0.4, 0.5) is 0 Å². The molecule has 54 valence electrons. The average Bonchev–Trinajstić information content (AvgIpc) is 1.89. The zero-order valence-corrected chi connectivity index (χ0v) is 5.24. The van der Waals surface area contributed by atoms with Crippen LogP contribution < -0.4 is 11.1 Å². The minimum atomic E-state index is -1.42. The summed E-state index contributed by atoms with van der Waals surface area (Å²) in [5.41, 5.74) is 3.93. The largest absolute Gasteiger partial charge is 0.478 e. The maximum Gasteiger partial charge on any atom is 0.348 e. The minimum absolute atomic E-state index is 1.09. The van der Waals surface area contributed by atoms with E-state index < -0.39 is 11.6 Å². The SMILES string of the molecule is NC1(C(=O)O)C=CC=CN1. The summed E-state index contributed by atoms with van der Waals surface area (Å²) in [7, 11) is 0. The van der Waals surface area contributed by atoms with Crippen LogP contribution in [0, 0.1) is 0 Å². The van der Waals surface area contributed by atoms with E-state index in [0.717, 1.165) is 0 Å². The van der Waals surface area contributed by atoms with Gasteiger partial charge in [0.1, 0.15) is 0 Å². The third kappa shape index (κ3) is 1.01. The van der Waals surface area contributed by atoms with Crippen LogP contribution in [0.15, 0.2) is 24.4 Å². The smallest absolute Gasteiger partial charge is 0.348 e. The Kier molecular flexibility index (Phi) is 1.47. The molecule has 4 heteroatoms. The number of nitrogens with one attached hydrogen (secondary N) is 1. The van der Waals surface area contributed by atoms with Crippen molar-refractivity contribution in [3.05, 3.63) is 24.4 Å². The number of carbonyl (C=O) groups is 1. The predicted molar refractivity (Wildman–Crippen MR) is 36.0 cm³/mol. The molecule has 0 aromatic carbocycles. The van der Waals surface area contributed by atoms with E-state index in [1.807, 2.05) is 0 Å². The molecule has 10 heavy (non-hydrogen) atoms. The number of carboxylic acids is 1. The maximum atomic E-state index is 10.4. The average molecular weight is 140 g/mol. The standard InChI is InChI=1S/C6H8N2O2/c7-6(5(9)10)3-1-2-4-8-6/h1-4,8H,7H2,(H,9,10).